The van der Waals surface area contributed by atoms with Crippen LogP contribution in [0.3, 0.4) is 0 Å². The first-order valence-electron chi connectivity index (χ1n) is 5.35. The maximum Gasteiger partial charge on any atom is 0.337 e. The number of unbranched alkanes of at least 4 members (excludes halogenated alkanes) is 1. The Morgan fingerprint density at radius 3 is 2.47 bits per heavy atom. The third-order valence-corrected chi connectivity index (χ3v) is 1.90. The van der Waals surface area contributed by atoms with Crippen molar-refractivity contribution >= 4 is 5.97 Å². The molecule has 0 spiro atoms. The standard InChI is InChI=1S/C12H22O3/c1-6-7-8-14-11(13)12(4,5)15-9-10(2)3/h2,6-9H2,1,3-5H3. The van der Waals surface area contributed by atoms with Crippen LogP contribution in [0.4, 0.5) is 0 Å². The number of esters is 1. The van der Waals surface area contributed by atoms with Gasteiger partial charge in [0.05, 0.1) is 13.2 Å². The Hall–Kier alpha value is -0.830. The van der Waals surface area contributed by atoms with Gasteiger partial charge in [-0.2, -0.15) is 0 Å². The Labute approximate surface area is 92.5 Å². The van der Waals surface area contributed by atoms with Crippen LogP contribution in [-0.4, -0.2) is 24.8 Å². The topological polar surface area (TPSA) is 35.5 Å². The molecule has 88 valence electrons. The maximum absolute atomic E-state index is 11.6. The van der Waals surface area contributed by atoms with Crippen LogP contribution in [0.2, 0.25) is 0 Å². The highest BCUT2D eigenvalue weighted by Crippen LogP contribution is 2.13. The highest BCUT2D eigenvalue weighted by atomic mass is 16.6. The van der Waals surface area contributed by atoms with Crippen LogP contribution in [0.15, 0.2) is 12.2 Å². The predicted octanol–water partition coefficient (Wildman–Crippen LogP) is 2.70. The quantitative estimate of drug-likeness (QED) is 0.371. The van der Waals surface area contributed by atoms with Gasteiger partial charge in [0.15, 0.2) is 5.60 Å². The fourth-order valence-electron chi connectivity index (χ4n) is 0.846. The van der Waals surface area contributed by atoms with E-state index in [1.54, 1.807) is 13.8 Å². The van der Waals surface area contributed by atoms with Gasteiger partial charge in [-0.15, -0.1) is 0 Å². The lowest BCUT2D eigenvalue weighted by molar-refractivity contribution is -0.167. The Morgan fingerprint density at radius 2 is 2.00 bits per heavy atom. The van der Waals surface area contributed by atoms with E-state index >= 15 is 0 Å². The van der Waals surface area contributed by atoms with Gasteiger partial charge in [-0.1, -0.05) is 25.5 Å². The first-order chi connectivity index (χ1) is 6.90. The molecule has 0 aromatic carbocycles. The molecule has 0 heterocycles. The van der Waals surface area contributed by atoms with E-state index in [9.17, 15) is 4.79 Å². The zero-order chi connectivity index (χ0) is 11.9. The van der Waals surface area contributed by atoms with E-state index in [1.807, 2.05) is 6.92 Å². The maximum atomic E-state index is 11.6. The lowest BCUT2D eigenvalue weighted by atomic mass is 10.1. The van der Waals surface area contributed by atoms with Crippen molar-refractivity contribution in [3.63, 3.8) is 0 Å². The van der Waals surface area contributed by atoms with E-state index in [1.165, 1.54) is 0 Å². The number of rotatable bonds is 7. The summed E-state index contributed by atoms with van der Waals surface area (Å²) in [4.78, 5) is 11.6. The summed E-state index contributed by atoms with van der Waals surface area (Å²) in [6.07, 6.45) is 1.91. The number of hydrogen-bond acceptors (Lipinski definition) is 3. The van der Waals surface area contributed by atoms with Crippen molar-refractivity contribution in [2.75, 3.05) is 13.2 Å². The molecular weight excluding hydrogens is 192 g/mol. The van der Waals surface area contributed by atoms with Crippen molar-refractivity contribution in [3.8, 4) is 0 Å². The van der Waals surface area contributed by atoms with Crippen LogP contribution in [0.25, 0.3) is 0 Å². The van der Waals surface area contributed by atoms with E-state index in [0.717, 1.165) is 18.4 Å². The Kier molecular flexibility index (Phi) is 6.25. The minimum Gasteiger partial charge on any atom is -0.464 e. The van der Waals surface area contributed by atoms with Gasteiger partial charge in [-0.25, -0.2) is 4.79 Å². The van der Waals surface area contributed by atoms with Gasteiger partial charge in [-0.05, 0) is 27.2 Å². The van der Waals surface area contributed by atoms with Crippen molar-refractivity contribution in [2.45, 2.75) is 46.1 Å². The molecule has 0 bridgehead atoms. The van der Waals surface area contributed by atoms with Gasteiger partial charge in [0.25, 0.3) is 0 Å². The van der Waals surface area contributed by atoms with E-state index in [4.69, 9.17) is 9.47 Å². The molecule has 0 fully saturated rings. The van der Waals surface area contributed by atoms with E-state index < -0.39 is 5.60 Å². The van der Waals surface area contributed by atoms with Gasteiger partial charge in [0, 0.05) is 0 Å². The SMILES string of the molecule is C=C(C)COC(C)(C)C(=O)OCCCC. The summed E-state index contributed by atoms with van der Waals surface area (Å²) in [5.74, 6) is -0.308. The zero-order valence-corrected chi connectivity index (χ0v) is 10.3. The molecule has 0 saturated heterocycles. The molecule has 0 unspecified atom stereocenters. The van der Waals surface area contributed by atoms with Crippen molar-refractivity contribution in [2.24, 2.45) is 0 Å². The molecule has 0 radical (unpaired) electrons. The normalized spacial score (nSPS) is 11.2. The third-order valence-electron chi connectivity index (χ3n) is 1.90. The van der Waals surface area contributed by atoms with Crippen molar-refractivity contribution < 1.29 is 14.3 Å². The summed E-state index contributed by atoms with van der Waals surface area (Å²) in [7, 11) is 0. The molecule has 3 nitrogen and oxygen atoms in total. The van der Waals surface area contributed by atoms with Gasteiger partial charge < -0.3 is 9.47 Å². The van der Waals surface area contributed by atoms with Crippen LogP contribution < -0.4 is 0 Å². The van der Waals surface area contributed by atoms with Crippen LogP contribution in [0.1, 0.15) is 40.5 Å². The predicted molar refractivity (Wildman–Crippen MR) is 60.7 cm³/mol. The molecule has 0 amide bonds. The molecule has 0 N–H and O–H groups in total. The highest BCUT2D eigenvalue weighted by Gasteiger charge is 2.30. The summed E-state index contributed by atoms with van der Waals surface area (Å²) < 4.78 is 10.5. The first kappa shape index (κ1) is 14.2. The minimum absolute atomic E-state index is 0.308. The molecule has 0 aromatic heterocycles. The fraction of sp³-hybridized carbons (Fsp3) is 0.750. The van der Waals surface area contributed by atoms with Gasteiger partial charge >= 0.3 is 5.97 Å². The average Bonchev–Trinajstić information content (AvgIpc) is 2.15. The Balaban J connectivity index is 3.96. The number of hydrogen-bond donors (Lipinski definition) is 0. The molecule has 0 aliphatic rings. The van der Waals surface area contributed by atoms with Crippen LogP contribution in [0.5, 0.6) is 0 Å². The van der Waals surface area contributed by atoms with Gasteiger partial charge in [0.2, 0.25) is 0 Å². The summed E-state index contributed by atoms with van der Waals surface area (Å²) in [5.41, 5.74) is 0.0107. The molecular formula is C12H22O3. The van der Waals surface area contributed by atoms with Gasteiger partial charge in [0.1, 0.15) is 0 Å². The molecule has 0 aromatic rings. The second kappa shape index (κ2) is 6.62. The third kappa shape index (κ3) is 6.28. The van der Waals surface area contributed by atoms with E-state index in [-0.39, 0.29) is 5.97 Å². The highest BCUT2D eigenvalue weighted by molar-refractivity contribution is 5.78. The zero-order valence-electron chi connectivity index (χ0n) is 10.3. The molecule has 0 saturated carbocycles. The molecule has 0 aliphatic carbocycles. The van der Waals surface area contributed by atoms with Crippen molar-refractivity contribution in [1.29, 1.82) is 0 Å². The van der Waals surface area contributed by atoms with Crippen LogP contribution in [0, 0.1) is 0 Å². The van der Waals surface area contributed by atoms with Crippen molar-refractivity contribution in [1.82, 2.24) is 0 Å². The molecule has 0 aliphatic heterocycles. The summed E-state index contributed by atoms with van der Waals surface area (Å²) >= 11 is 0. The van der Waals surface area contributed by atoms with Crippen LogP contribution in [-0.2, 0) is 14.3 Å². The van der Waals surface area contributed by atoms with Crippen molar-refractivity contribution in [3.05, 3.63) is 12.2 Å². The lowest BCUT2D eigenvalue weighted by Gasteiger charge is -2.23. The fourth-order valence-corrected chi connectivity index (χ4v) is 0.846. The summed E-state index contributed by atoms with van der Waals surface area (Å²) in [5, 5.41) is 0. The number of carbonyl (C=O) groups is 1. The first-order valence-corrected chi connectivity index (χ1v) is 5.35. The molecule has 3 heteroatoms. The number of carbonyl (C=O) groups excluding carboxylic acids is 1. The minimum atomic E-state index is -0.882. The lowest BCUT2D eigenvalue weighted by Crippen LogP contribution is -2.37. The van der Waals surface area contributed by atoms with E-state index in [0.29, 0.717) is 13.2 Å². The van der Waals surface area contributed by atoms with E-state index in [2.05, 4.69) is 13.5 Å². The molecule has 15 heavy (non-hydrogen) atoms. The molecule has 0 atom stereocenters. The molecule has 0 rings (SSSR count). The van der Waals surface area contributed by atoms with Gasteiger partial charge in [-0.3, -0.25) is 0 Å². The average molecular weight is 214 g/mol. The summed E-state index contributed by atoms with van der Waals surface area (Å²) in [6.45, 7) is 11.9. The second-order valence-electron chi connectivity index (χ2n) is 4.25. The smallest absolute Gasteiger partial charge is 0.337 e. The Morgan fingerprint density at radius 1 is 1.40 bits per heavy atom. The summed E-state index contributed by atoms with van der Waals surface area (Å²) in [6, 6.07) is 0. The second-order valence-corrected chi connectivity index (χ2v) is 4.25. The Bertz CT molecular complexity index is 219. The largest absolute Gasteiger partial charge is 0.464 e. The monoisotopic (exact) mass is 214 g/mol. The van der Waals surface area contributed by atoms with Crippen LogP contribution >= 0.6 is 0 Å². The number of ether oxygens (including phenoxy) is 2.